The fraction of sp³-hybridized carbons (Fsp3) is 0.333. The molecule has 112 valence electrons. The Balaban J connectivity index is 2.11. The van der Waals surface area contributed by atoms with Gasteiger partial charge in [0.25, 0.3) is 0 Å². The fourth-order valence-corrected chi connectivity index (χ4v) is 2.43. The lowest BCUT2D eigenvalue weighted by molar-refractivity contribution is 0.296. The zero-order chi connectivity index (χ0) is 15.4. The molecule has 2 aromatic rings. The summed E-state index contributed by atoms with van der Waals surface area (Å²) in [5, 5.41) is 0. The average molecular weight is 285 g/mol. The van der Waals surface area contributed by atoms with Crippen LogP contribution in [-0.4, -0.2) is 7.11 Å². The second-order valence-corrected chi connectivity index (χ2v) is 5.53. The minimum Gasteiger partial charge on any atom is -0.496 e. The number of nitrogen functional groups attached to an aromatic ring is 1. The summed E-state index contributed by atoms with van der Waals surface area (Å²) in [6.07, 6.45) is 0. The first-order valence-corrected chi connectivity index (χ1v) is 7.17. The normalized spacial score (nSPS) is 10.7. The van der Waals surface area contributed by atoms with Gasteiger partial charge in [0.2, 0.25) is 0 Å². The molecule has 0 saturated carbocycles. The number of hydrogen-bond donors (Lipinski definition) is 1. The van der Waals surface area contributed by atoms with Crippen molar-refractivity contribution in [2.45, 2.75) is 33.3 Å². The van der Waals surface area contributed by atoms with Gasteiger partial charge >= 0.3 is 0 Å². The van der Waals surface area contributed by atoms with Crippen LogP contribution >= 0.6 is 0 Å². The van der Waals surface area contributed by atoms with Gasteiger partial charge < -0.3 is 15.2 Å². The van der Waals surface area contributed by atoms with E-state index in [9.17, 15) is 0 Å². The van der Waals surface area contributed by atoms with Crippen molar-refractivity contribution in [3.63, 3.8) is 0 Å². The molecule has 0 amide bonds. The second-order valence-electron chi connectivity index (χ2n) is 5.53. The summed E-state index contributed by atoms with van der Waals surface area (Å²) < 4.78 is 11.2. The third kappa shape index (κ3) is 3.69. The first-order chi connectivity index (χ1) is 10.0. The van der Waals surface area contributed by atoms with E-state index in [1.54, 1.807) is 7.11 Å². The van der Waals surface area contributed by atoms with Crippen molar-refractivity contribution in [1.82, 2.24) is 0 Å². The van der Waals surface area contributed by atoms with Crippen molar-refractivity contribution in [2.75, 3.05) is 12.8 Å². The number of hydrogen-bond acceptors (Lipinski definition) is 3. The lowest BCUT2D eigenvalue weighted by atomic mass is 9.98. The smallest absolute Gasteiger partial charge is 0.127 e. The highest BCUT2D eigenvalue weighted by atomic mass is 16.5. The SMILES string of the molecule is COc1cc(N)ccc1COc1ccc(C(C)C)c(C)c1. The summed E-state index contributed by atoms with van der Waals surface area (Å²) in [7, 11) is 1.64. The zero-order valence-corrected chi connectivity index (χ0v) is 13.1. The van der Waals surface area contributed by atoms with Crippen LogP contribution in [0.25, 0.3) is 0 Å². The Labute approximate surface area is 126 Å². The first kappa shape index (κ1) is 15.2. The van der Waals surface area contributed by atoms with Gasteiger partial charge in [-0.1, -0.05) is 19.9 Å². The average Bonchev–Trinajstić information content (AvgIpc) is 2.45. The molecule has 2 N–H and O–H groups in total. The van der Waals surface area contributed by atoms with Crippen LogP contribution in [0.4, 0.5) is 5.69 Å². The molecule has 2 rings (SSSR count). The van der Waals surface area contributed by atoms with Crippen LogP contribution in [0.15, 0.2) is 36.4 Å². The molecular weight excluding hydrogens is 262 g/mol. The molecule has 0 heterocycles. The van der Waals surface area contributed by atoms with Gasteiger partial charge in [0, 0.05) is 17.3 Å². The molecule has 3 nitrogen and oxygen atoms in total. The topological polar surface area (TPSA) is 44.5 Å². The van der Waals surface area contributed by atoms with E-state index in [1.165, 1.54) is 11.1 Å². The van der Waals surface area contributed by atoms with E-state index in [4.69, 9.17) is 15.2 Å². The maximum absolute atomic E-state index is 5.87. The minimum atomic E-state index is 0.462. The highest BCUT2D eigenvalue weighted by molar-refractivity contribution is 5.48. The van der Waals surface area contributed by atoms with Gasteiger partial charge in [-0.15, -0.1) is 0 Å². The Kier molecular flexibility index (Phi) is 4.73. The summed E-state index contributed by atoms with van der Waals surface area (Å²) in [4.78, 5) is 0. The van der Waals surface area contributed by atoms with Crippen LogP contribution in [0.2, 0.25) is 0 Å². The lowest BCUT2D eigenvalue weighted by Gasteiger charge is -2.14. The molecule has 2 aromatic carbocycles. The van der Waals surface area contributed by atoms with Crippen LogP contribution in [0.5, 0.6) is 11.5 Å². The van der Waals surface area contributed by atoms with Crippen LogP contribution in [-0.2, 0) is 6.61 Å². The highest BCUT2D eigenvalue weighted by Crippen LogP contribution is 2.26. The van der Waals surface area contributed by atoms with Crippen LogP contribution in [0.3, 0.4) is 0 Å². The van der Waals surface area contributed by atoms with Crippen LogP contribution < -0.4 is 15.2 Å². The highest BCUT2D eigenvalue weighted by Gasteiger charge is 2.07. The first-order valence-electron chi connectivity index (χ1n) is 7.17. The van der Waals surface area contributed by atoms with E-state index in [0.717, 1.165) is 17.1 Å². The molecule has 0 spiro atoms. The zero-order valence-electron chi connectivity index (χ0n) is 13.1. The molecule has 0 unspecified atom stereocenters. The Morgan fingerprint density at radius 2 is 1.86 bits per heavy atom. The van der Waals surface area contributed by atoms with E-state index in [0.29, 0.717) is 18.2 Å². The molecule has 0 aromatic heterocycles. The molecule has 0 aliphatic carbocycles. The van der Waals surface area contributed by atoms with E-state index in [-0.39, 0.29) is 0 Å². The molecule has 0 aliphatic heterocycles. The molecule has 21 heavy (non-hydrogen) atoms. The minimum absolute atomic E-state index is 0.462. The number of nitrogens with two attached hydrogens (primary N) is 1. The third-order valence-electron chi connectivity index (χ3n) is 3.57. The van der Waals surface area contributed by atoms with Crippen molar-refractivity contribution < 1.29 is 9.47 Å². The van der Waals surface area contributed by atoms with Crippen LogP contribution in [0, 0.1) is 6.92 Å². The van der Waals surface area contributed by atoms with E-state index in [1.807, 2.05) is 24.3 Å². The summed E-state index contributed by atoms with van der Waals surface area (Å²) in [6.45, 7) is 6.97. The molecule has 0 saturated heterocycles. The molecule has 3 heteroatoms. The van der Waals surface area contributed by atoms with Crippen molar-refractivity contribution in [2.24, 2.45) is 0 Å². The van der Waals surface area contributed by atoms with Crippen molar-refractivity contribution in [1.29, 1.82) is 0 Å². The Hall–Kier alpha value is -2.16. The predicted molar refractivity (Wildman–Crippen MR) is 87.0 cm³/mol. The largest absolute Gasteiger partial charge is 0.496 e. The van der Waals surface area contributed by atoms with Gasteiger partial charge in [0.1, 0.15) is 18.1 Å². The van der Waals surface area contributed by atoms with E-state index < -0.39 is 0 Å². The molecule has 0 aliphatic rings. The van der Waals surface area contributed by atoms with Crippen molar-refractivity contribution in [3.05, 3.63) is 53.1 Å². The number of anilines is 1. The number of rotatable bonds is 5. The molecule has 0 bridgehead atoms. The van der Waals surface area contributed by atoms with Crippen molar-refractivity contribution >= 4 is 5.69 Å². The Morgan fingerprint density at radius 1 is 1.10 bits per heavy atom. The van der Waals surface area contributed by atoms with Gasteiger partial charge in [0.05, 0.1) is 7.11 Å². The summed E-state index contributed by atoms with van der Waals surface area (Å²) in [5.74, 6) is 2.15. The van der Waals surface area contributed by atoms with Crippen LogP contribution in [0.1, 0.15) is 36.5 Å². The molecule has 0 radical (unpaired) electrons. The Morgan fingerprint density at radius 3 is 2.48 bits per heavy atom. The monoisotopic (exact) mass is 285 g/mol. The van der Waals surface area contributed by atoms with Gasteiger partial charge in [-0.25, -0.2) is 0 Å². The number of benzene rings is 2. The lowest BCUT2D eigenvalue weighted by Crippen LogP contribution is -2.00. The van der Waals surface area contributed by atoms with E-state index in [2.05, 4.69) is 32.9 Å². The summed E-state index contributed by atoms with van der Waals surface area (Å²) in [6, 6.07) is 11.8. The maximum Gasteiger partial charge on any atom is 0.127 e. The quantitative estimate of drug-likeness (QED) is 0.833. The van der Waals surface area contributed by atoms with Gasteiger partial charge in [-0.3, -0.25) is 0 Å². The fourth-order valence-electron chi connectivity index (χ4n) is 2.43. The second kappa shape index (κ2) is 6.53. The van der Waals surface area contributed by atoms with Gasteiger partial charge in [0.15, 0.2) is 0 Å². The van der Waals surface area contributed by atoms with E-state index >= 15 is 0 Å². The van der Waals surface area contributed by atoms with Gasteiger partial charge in [-0.2, -0.15) is 0 Å². The predicted octanol–water partition coefficient (Wildman–Crippen LogP) is 4.29. The standard InChI is InChI=1S/C18H23NO2/c1-12(2)17-8-7-16(9-13(17)3)21-11-14-5-6-15(19)10-18(14)20-4/h5-10,12H,11,19H2,1-4H3. The van der Waals surface area contributed by atoms with Crippen molar-refractivity contribution in [3.8, 4) is 11.5 Å². The molecular formula is C18H23NO2. The number of aryl methyl sites for hydroxylation is 1. The number of methoxy groups -OCH3 is 1. The maximum atomic E-state index is 5.87. The molecule has 0 fully saturated rings. The third-order valence-corrected chi connectivity index (χ3v) is 3.57. The summed E-state index contributed by atoms with van der Waals surface area (Å²) >= 11 is 0. The Bertz CT molecular complexity index is 621. The van der Waals surface area contributed by atoms with Gasteiger partial charge in [-0.05, 0) is 48.2 Å². The molecule has 0 atom stereocenters. The summed E-state index contributed by atoms with van der Waals surface area (Å²) in [5.41, 5.74) is 10.0. The number of ether oxygens (including phenoxy) is 2.